The van der Waals surface area contributed by atoms with E-state index in [1.54, 1.807) is 0 Å². The molecule has 0 heterocycles. The average molecular weight is 1170 g/mol. The third kappa shape index (κ3) is 50.6. The first-order valence-corrected chi connectivity index (χ1v) is 19.0. The molecule has 27 nitrogen and oxygen atoms in total. The molecule has 80 heavy (non-hydrogen) atoms. The summed E-state index contributed by atoms with van der Waals surface area (Å²) >= 11 is 0. The van der Waals surface area contributed by atoms with E-state index in [4.69, 9.17) is 43.0 Å². The van der Waals surface area contributed by atoms with Crippen molar-refractivity contribution in [1.82, 2.24) is 0 Å². The van der Waals surface area contributed by atoms with Crippen LogP contribution in [0.2, 0.25) is 0 Å². The molecule has 0 atom stereocenters. The summed E-state index contributed by atoms with van der Waals surface area (Å²) in [5.41, 5.74) is -4.18. The Morgan fingerprint density at radius 2 is 0.463 bits per heavy atom. The van der Waals surface area contributed by atoms with E-state index in [1.807, 2.05) is 0 Å². The first-order chi connectivity index (χ1) is 32.2. The van der Waals surface area contributed by atoms with E-state index >= 15 is 0 Å². The van der Waals surface area contributed by atoms with Gasteiger partial charge in [-0.15, -0.1) is 0 Å². The maximum absolute atomic E-state index is 12.8. The van der Waals surface area contributed by atoms with Gasteiger partial charge >= 0.3 is 77.6 Å². The van der Waals surface area contributed by atoms with Crippen molar-refractivity contribution in [3.8, 4) is 0 Å². The lowest BCUT2D eigenvalue weighted by molar-refractivity contribution is -0.183. The maximum atomic E-state index is 12.8. The summed E-state index contributed by atoms with van der Waals surface area (Å²) < 4.78 is 65.1. The zero-order valence-corrected chi connectivity index (χ0v) is 36.3. The lowest BCUT2D eigenvalue weighted by Crippen LogP contribution is -2.48. The third-order valence-corrected chi connectivity index (χ3v) is 7.44. The predicted octanol–water partition coefficient (Wildman–Crippen LogP) is 5.92. The van der Waals surface area contributed by atoms with Gasteiger partial charge in [-0.05, 0) is 0 Å². The summed E-state index contributed by atoms with van der Waals surface area (Å²) in [4.78, 5) is 157. The smallest absolute Gasteiger partial charge is 0.344 e. The van der Waals surface area contributed by atoms with E-state index in [-0.39, 0.29) is 89.1 Å². The maximum Gasteiger partial charge on any atom is 0.344 e. The Morgan fingerprint density at radius 3 is 0.637 bits per heavy atom. The van der Waals surface area contributed by atoms with Crippen LogP contribution in [-0.4, -0.2) is 175 Å². The van der Waals surface area contributed by atoms with E-state index in [1.165, 1.54) is 0 Å². The van der Waals surface area contributed by atoms with Crippen LogP contribution in [0, 0.1) is 10.8 Å². The molecule has 0 aliphatic carbocycles. The van der Waals surface area contributed by atoms with Gasteiger partial charge in [0.25, 0.3) is 0 Å². The highest BCUT2D eigenvalue weighted by Gasteiger charge is 2.41. The number of carbonyl (C=O) groups is 13. The van der Waals surface area contributed by atoms with E-state index in [2.05, 4.69) is 56.6 Å². The molecule has 0 amide bonds. The minimum Gasteiger partial charge on any atom is -0.481 e. The fraction of sp³-hybridized carbons (Fsp3) is 0.566. The van der Waals surface area contributed by atoms with Crippen molar-refractivity contribution < 1.29 is 129 Å². The quantitative estimate of drug-likeness (QED) is 0.0432. The molecule has 0 aromatic rings. The van der Waals surface area contributed by atoms with Gasteiger partial charge in [0.05, 0.1) is 36.9 Å². The van der Waals surface area contributed by atoms with Crippen molar-refractivity contribution >= 4 is 77.6 Å². The van der Waals surface area contributed by atoms with Crippen LogP contribution in [0.1, 0.15) is 102 Å². The molecule has 0 fully saturated rings. The molecule has 0 rings (SSSR count). The molecule has 0 saturated carbocycles. The van der Waals surface area contributed by atoms with E-state index in [9.17, 15) is 62.3 Å². The fourth-order valence-electron chi connectivity index (χ4n) is 4.00. The highest BCUT2D eigenvalue weighted by Crippen LogP contribution is 2.26. The monoisotopic (exact) mass is 1160 g/mol. The highest BCUT2D eigenvalue weighted by molar-refractivity contribution is 5.86. The molecule has 0 bridgehead atoms. The summed E-state index contributed by atoms with van der Waals surface area (Å²) in [6, 6.07) is 0. The number of hydrogen-bond donors (Lipinski definition) is 1. The highest BCUT2D eigenvalue weighted by atomic mass is 16.6. The van der Waals surface area contributed by atoms with E-state index in [0.29, 0.717) is 12.2 Å². The summed E-state index contributed by atoms with van der Waals surface area (Å²) in [6.45, 7) is 2.03. The molecular weight excluding hydrogens is 1070 g/mol. The van der Waals surface area contributed by atoms with Crippen LogP contribution >= 0.6 is 0 Å². The van der Waals surface area contributed by atoms with Gasteiger partial charge in [-0.25, -0.2) is 52.7 Å². The van der Waals surface area contributed by atoms with Gasteiger partial charge in [0.2, 0.25) is 0 Å². The predicted molar refractivity (Wildman–Crippen MR) is 296 cm³/mol. The minimum absolute atomic E-state index is 0. The van der Waals surface area contributed by atoms with Crippen LogP contribution < -0.4 is 0 Å². The molecule has 0 radical (unpaired) electrons. The van der Waals surface area contributed by atoms with Gasteiger partial charge in [-0.3, -0.25) is 9.59 Å². The molecule has 0 saturated heterocycles. The average Bonchev–Trinajstić information content (AvgIpc) is 3.33. The second-order valence-electron chi connectivity index (χ2n) is 13.1. The van der Waals surface area contributed by atoms with Crippen LogP contribution in [0.4, 0.5) is 0 Å². The lowest BCUT2D eigenvalue weighted by Gasteiger charge is -2.35. The topological polar surface area (TPSA) is 362 Å². The second kappa shape index (κ2) is 58.5. The van der Waals surface area contributed by atoms with E-state index in [0.717, 1.165) is 18.2 Å². The van der Waals surface area contributed by atoms with Crippen molar-refractivity contribution in [2.24, 2.45) is 10.8 Å². The zero-order valence-electron chi connectivity index (χ0n) is 36.3. The molecule has 27 heteroatoms. The molecule has 0 aliphatic heterocycles. The zero-order chi connectivity index (χ0) is 51.5. The number of carbonyl (C=O) groups excluding carboxylic acids is 12. The largest absolute Gasteiger partial charge is 0.481 e. The van der Waals surface area contributed by atoms with Crippen LogP contribution in [-0.2, 0) is 124 Å². The van der Waals surface area contributed by atoms with Gasteiger partial charge in [-0.2, -0.15) is 0 Å². The van der Waals surface area contributed by atoms with Crippen LogP contribution in [0.15, 0.2) is 63.3 Å². The van der Waals surface area contributed by atoms with Crippen LogP contribution in [0.3, 0.4) is 0 Å². The summed E-state index contributed by atoms with van der Waals surface area (Å²) in [5.74, 6) is -15.3. The number of hydrogen-bond acceptors (Lipinski definition) is 26. The Bertz CT molecular complexity index is 1760. The number of ether oxygens (including phenoxy) is 13. The summed E-state index contributed by atoms with van der Waals surface area (Å²) in [7, 11) is 0. The Kier molecular flexibility index (Phi) is 76.0. The van der Waals surface area contributed by atoms with Crippen molar-refractivity contribution in [1.29, 1.82) is 0 Å². The molecular formula is C53H96O27. The standard InChI is InChI=1S/C41H48O27.12CH4/c1-6-28(44)57-13-34(50)63-21-40(22-64-35(51)14-58-29(45)7-2,23-65-36(52)15-59-30(46)8-3)19-56-20-41(24-66-37(53)16-60-31(47)9-4,25-67-38(54)17-61-32(48)10-5)26-68-39(55)18-62-33(49)12-11-27(42)43;;;;;;;;;;;;/h6-10H,1-5,11-26H2,(H,42,43);12*1H4. The number of carboxylic acid groups (broad SMARTS) is 1. The number of carboxylic acids is 1. The molecule has 0 aliphatic rings. The summed E-state index contributed by atoms with van der Waals surface area (Å²) in [6.07, 6.45) is 2.30. The van der Waals surface area contributed by atoms with Gasteiger partial charge < -0.3 is 66.7 Å². The van der Waals surface area contributed by atoms with Crippen molar-refractivity contribution in [2.75, 3.05) is 92.5 Å². The Labute approximate surface area is 474 Å². The number of aliphatic carboxylic acids is 1. The lowest BCUT2D eigenvalue weighted by atomic mass is 9.90. The first-order valence-electron chi connectivity index (χ1n) is 19.0. The molecule has 0 aromatic heterocycles. The molecule has 0 unspecified atom stereocenters. The molecule has 0 spiro atoms. The van der Waals surface area contributed by atoms with Gasteiger partial charge in [0.1, 0.15) is 39.6 Å². The Hall–Kier alpha value is -8.23. The number of rotatable bonds is 36. The normalized spacial score (nSPS) is 8.85. The Balaban J connectivity index is -0.000000340. The van der Waals surface area contributed by atoms with Crippen molar-refractivity contribution in [3.05, 3.63) is 63.3 Å². The molecule has 470 valence electrons. The van der Waals surface area contributed by atoms with Crippen LogP contribution in [0.25, 0.3) is 0 Å². The van der Waals surface area contributed by atoms with Gasteiger partial charge in [0, 0.05) is 30.4 Å². The second-order valence-corrected chi connectivity index (χ2v) is 13.1. The SMILES string of the molecule is C.C.C.C.C.C.C.C.C.C.C.C.C=CC(=O)OCC(=O)OCC(COCC(COC(=O)COC(=O)C=C)(COC(=O)COC(=O)C=C)COC(=O)COC(=O)CCC(=O)O)(COC(=O)COC(=O)C=C)COC(=O)COC(=O)C=C. The third-order valence-electron chi connectivity index (χ3n) is 7.44. The first kappa shape index (κ1) is 104. The van der Waals surface area contributed by atoms with Crippen LogP contribution in [0.5, 0.6) is 0 Å². The number of esters is 12. The minimum atomic E-state index is -2.11. The van der Waals surface area contributed by atoms with E-state index < -0.39 is 194 Å². The van der Waals surface area contributed by atoms with Crippen molar-refractivity contribution in [3.63, 3.8) is 0 Å². The molecule has 0 aromatic carbocycles. The van der Waals surface area contributed by atoms with Crippen molar-refractivity contribution in [2.45, 2.75) is 102 Å². The summed E-state index contributed by atoms with van der Waals surface area (Å²) in [5, 5.41) is 8.80. The van der Waals surface area contributed by atoms with Gasteiger partial charge in [0.15, 0.2) is 39.6 Å². The Morgan fingerprint density at radius 1 is 0.275 bits per heavy atom. The van der Waals surface area contributed by atoms with Gasteiger partial charge in [-0.1, -0.05) is 122 Å². The fourth-order valence-corrected chi connectivity index (χ4v) is 4.00. The molecule has 1 N–H and O–H groups in total.